The first-order valence-electron chi connectivity index (χ1n) is 6.23. The Labute approximate surface area is 105 Å². The van der Waals surface area contributed by atoms with Gasteiger partial charge in [-0.05, 0) is 26.3 Å². The summed E-state index contributed by atoms with van der Waals surface area (Å²) in [6, 6.07) is 0. The number of hydrogen-bond donors (Lipinski definition) is 0. The molecular formula is C13H23O3P. The molecule has 98 valence electrons. The van der Waals surface area contributed by atoms with Gasteiger partial charge in [0.05, 0.1) is 13.2 Å². The molecular weight excluding hydrogens is 235 g/mol. The Balaban J connectivity index is 4.12. The molecule has 0 radical (unpaired) electrons. The lowest BCUT2D eigenvalue weighted by atomic mass is 10.2. The zero-order valence-corrected chi connectivity index (χ0v) is 12.0. The van der Waals surface area contributed by atoms with E-state index in [1.807, 2.05) is 0 Å². The summed E-state index contributed by atoms with van der Waals surface area (Å²) in [5.41, 5.74) is 0. The summed E-state index contributed by atoms with van der Waals surface area (Å²) in [6.07, 6.45) is 5.96. The van der Waals surface area contributed by atoms with Gasteiger partial charge in [-0.2, -0.15) is 0 Å². The van der Waals surface area contributed by atoms with Crippen molar-refractivity contribution in [1.82, 2.24) is 0 Å². The predicted octanol–water partition coefficient (Wildman–Crippen LogP) is 4.35. The van der Waals surface area contributed by atoms with Gasteiger partial charge in [-0.15, -0.1) is 0 Å². The fourth-order valence-corrected chi connectivity index (χ4v) is 2.43. The van der Waals surface area contributed by atoms with Gasteiger partial charge in [0.15, 0.2) is 0 Å². The number of hydrogen-bond acceptors (Lipinski definition) is 3. The average molecular weight is 258 g/mol. The van der Waals surface area contributed by atoms with Crippen LogP contribution in [0.25, 0.3) is 0 Å². The highest BCUT2D eigenvalue weighted by Gasteiger charge is 2.18. The maximum Gasteiger partial charge on any atom is 0.354 e. The standard InChI is InChI=1S/C13H23O3P/c1-4-7-8-9-10-11-12-13-17(14,15-5-2)16-6-3/h12-13H,4-9H2,1-3H3/b13-12-. The Morgan fingerprint density at radius 3 is 2.29 bits per heavy atom. The van der Waals surface area contributed by atoms with E-state index in [1.54, 1.807) is 19.9 Å². The molecule has 0 saturated carbocycles. The van der Waals surface area contributed by atoms with Gasteiger partial charge in [-0.25, -0.2) is 0 Å². The van der Waals surface area contributed by atoms with Gasteiger partial charge in [0.1, 0.15) is 0 Å². The normalized spacial score (nSPS) is 11.5. The molecule has 0 N–H and O–H groups in total. The maximum absolute atomic E-state index is 11.9. The molecule has 0 rings (SSSR count). The molecule has 0 amide bonds. The van der Waals surface area contributed by atoms with Gasteiger partial charge < -0.3 is 9.05 Å². The molecule has 17 heavy (non-hydrogen) atoms. The van der Waals surface area contributed by atoms with Crippen molar-refractivity contribution in [3.8, 4) is 11.8 Å². The van der Waals surface area contributed by atoms with Gasteiger partial charge in [-0.3, -0.25) is 4.57 Å². The number of unbranched alkanes of at least 4 members (excludes halogenated alkanes) is 3. The summed E-state index contributed by atoms with van der Waals surface area (Å²) < 4.78 is 22.1. The third-order valence-electron chi connectivity index (χ3n) is 1.97. The summed E-state index contributed by atoms with van der Waals surface area (Å²) in [7, 11) is -3.06. The quantitative estimate of drug-likeness (QED) is 0.369. The minimum Gasteiger partial charge on any atom is -0.306 e. The van der Waals surface area contributed by atoms with Gasteiger partial charge in [-0.1, -0.05) is 31.6 Å². The molecule has 0 bridgehead atoms. The van der Waals surface area contributed by atoms with Crippen LogP contribution < -0.4 is 0 Å². The van der Waals surface area contributed by atoms with E-state index in [4.69, 9.17) is 9.05 Å². The van der Waals surface area contributed by atoms with Crippen LogP contribution in [0, 0.1) is 11.8 Å². The predicted molar refractivity (Wildman–Crippen MR) is 71.9 cm³/mol. The van der Waals surface area contributed by atoms with E-state index >= 15 is 0 Å². The van der Waals surface area contributed by atoms with Crippen LogP contribution in [0.3, 0.4) is 0 Å². The third-order valence-corrected chi connectivity index (χ3v) is 3.72. The monoisotopic (exact) mass is 258 g/mol. The van der Waals surface area contributed by atoms with Crippen LogP contribution in [0.4, 0.5) is 0 Å². The Bertz CT molecular complexity index is 302. The molecule has 0 aromatic rings. The van der Waals surface area contributed by atoms with Gasteiger partial charge in [0, 0.05) is 12.2 Å². The van der Waals surface area contributed by atoms with Crippen molar-refractivity contribution in [3.05, 3.63) is 11.9 Å². The smallest absolute Gasteiger partial charge is 0.306 e. The lowest BCUT2D eigenvalue weighted by molar-refractivity contribution is 0.229. The van der Waals surface area contributed by atoms with Crippen molar-refractivity contribution in [2.24, 2.45) is 0 Å². The largest absolute Gasteiger partial charge is 0.354 e. The highest BCUT2D eigenvalue weighted by atomic mass is 31.2. The first-order chi connectivity index (χ1) is 8.18. The maximum atomic E-state index is 11.9. The van der Waals surface area contributed by atoms with E-state index in [1.165, 1.54) is 18.7 Å². The second-order valence-corrected chi connectivity index (χ2v) is 5.36. The minimum absolute atomic E-state index is 0.367. The number of rotatable bonds is 8. The van der Waals surface area contributed by atoms with Crippen LogP contribution in [0.2, 0.25) is 0 Å². The first-order valence-corrected chi connectivity index (χ1v) is 7.84. The summed E-state index contributed by atoms with van der Waals surface area (Å²) >= 11 is 0. The van der Waals surface area contributed by atoms with Crippen molar-refractivity contribution in [3.63, 3.8) is 0 Å². The van der Waals surface area contributed by atoms with Crippen LogP contribution >= 0.6 is 7.60 Å². The van der Waals surface area contributed by atoms with E-state index < -0.39 is 7.60 Å². The lowest BCUT2D eigenvalue weighted by Gasteiger charge is -2.11. The summed E-state index contributed by atoms with van der Waals surface area (Å²) in [5.74, 6) is 7.30. The molecule has 0 aliphatic heterocycles. The van der Waals surface area contributed by atoms with Crippen molar-refractivity contribution in [2.45, 2.75) is 46.5 Å². The Hall–Kier alpha value is -0.550. The van der Waals surface area contributed by atoms with Crippen molar-refractivity contribution >= 4 is 7.60 Å². The molecule has 0 aromatic heterocycles. The van der Waals surface area contributed by atoms with Crippen molar-refractivity contribution in [2.75, 3.05) is 13.2 Å². The Morgan fingerprint density at radius 1 is 1.12 bits per heavy atom. The second-order valence-electron chi connectivity index (χ2n) is 3.47. The summed E-state index contributed by atoms with van der Waals surface area (Å²) in [6.45, 7) is 6.47. The molecule has 0 saturated heterocycles. The topological polar surface area (TPSA) is 35.5 Å². The minimum atomic E-state index is -3.06. The van der Waals surface area contributed by atoms with Gasteiger partial charge in [0.2, 0.25) is 0 Å². The Kier molecular flexibility index (Phi) is 10.3. The first kappa shape index (κ1) is 16.4. The van der Waals surface area contributed by atoms with E-state index in [-0.39, 0.29) is 0 Å². The highest BCUT2D eigenvalue weighted by Crippen LogP contribution is 2.49. The van der Waals surface area contributed by atoms with E-state index in [9.17, 15) is 4.57 Å². The van der Waals surface area contributed by atoms with Crippen molar-refractivity contribution < 1.29 is 13.6 Å². The molecule has 0 atom stereocenters. The molecule has 3 nitrogen and oxygen atoms in total. The highest BCUT2D eigenvalue weighted by molar-refractivity contribution is 7.57. The fraction of sp³-hybridized carbons (Fsp3) is 0.692. The molecule has 0 unspecified atom stereocenters. The van der Waals surface area contributed by atoms with E-state index in [0.29, 0.717) is 13.2 Å². The van der Waals surface area contributed by atoms with E-state index in [0.717, 1.165) is 12.8 Å². The Morgan fingerprint density at radius 2 is 1.76 bits per heavy atom. The third kappa shape index (κ3) is 9.18. The van der Waals surface area contributed by atoms with Gasteiger partial charge in [0.25, 0.3) is 0 Å². The lowest BCUT2D eigenvalue weighted by Crippen LogP contribution is -1.92. The molecule has 0 aliphatic carbocycles. The van der Waals surface area contributed by atoms with E-state index in [2.05, 4.69) is 18.8 Å². The molecule has 4 heteroatoms. The zero-order chi connectivity index (χ0) is 13.0. The molecule has 0 spiro atoms. The van der Waals surface area contributed by atoms with Crippen LogP contribution in [-0.4, -0.2) is 13.2 Å². The second kappa shape index (κ2) is 10.6. The summed E-state index contributed by atoms with van der Waals surface area (Å²) in [4.78, 5) is 0. The van der Waals surface area contributed by atoms with Crippen LogP contribution in [-0.2, 0) is 13.6 Å². The van der Waals surface area contributed by atoms with Crippen molar-refractivity contribution in [1.29, 1.82) is 0 Å². The number of allylic oxidation sites excluding steroid dienone is 1. The molecule has 0 aromatic carbocycles. The molecule has 0 heterocycles. The molecule has 0 aliphatic rings. The average Bonchev–Trinajstić information content (AvgIpc) is 2.28. The van der Waals surface area contributed by atoms with Gasteiger partial charge >= 0.3 is 7.60 Å². The van der Waals surface area contributed by atoms with Crippen LogP contribution in [0.15, 0.2) is 11.9 Å². The van der Waals surface area contributed by atoms with Crippen LogP contribution in [0.1, 0.15) is 46.5 Å². The molecule has 0 fully saturated rings. The van der Waals surface area contributed by atoms with Crippen LogP contribution in [0.5, 0.6) is 0 Å². The zero-order valence-electron chi connectivity index (χ0n) is 11.1. The SMILES string of the molecule is CCCCCC#C/C=C\P(=O)(OCC)OCC. The fourth-order valence-electron chi connectivity index (χ4n) is 1.21. The summed E-state index contributed by atoms with van der Waals surface area (Å²) in [5, 5.41) is 0.